The Hall–Kier alpha value is -2.50. The molecule has 2 heterocycles. The van der Waals surface area contributed by atoms with Gasteiger partial charge in [-0.1, -0.05) is 0 Å². The summed E-state index contributed by atoms with van der Waals surface area (Å²) in [5.74, 6) is -0.286. The average molecular weight is 243 g/mol. The summed E-state index contributed by atoms with van der Waals surface area (Å²) in [7, 11) is 1.76. The molecule has 6 heteroatoms. The molecule has 0 aliphatic heterocycles. The highest BCUT2D eigenvalue weighted by atomic mass is 16.1. The third-order valence-electron chi connectivity index (χ3n) is 2.34. The van der Waals surface area contributed by atoms with Crippen molar-refractivity contribution in [1.29, 1.82) is 0 Å². The highest BCUT2D eigenvalue weighted by Crippen LogP contribution is 2.14. The minimum Gasteiger partial charge on any atom is -0.311 e. The number of pyridine rings is 1. The molecule has 18 heavy (non-hydrogen) atoms. The summed E-state index contributed by atoms with van der Waals surface area (Å²) in [5.41, 5.74) is 2.07. The van der Waals surface area contributed by atoms with Gasteiger partial charge in [0.2, 0.25) is 0 Å². The summed E-state index contributed by atoms with van der Waals surface area (Å²) in [6.45, 7) is 1.90. The number of amides is 1. The highest BCUT2D eigenvalue weighted by Gasteiger charge is 2.06. The molecule has 0 fully saturated rings. The molecule has 92 valence electrons. The second kappa shape index (κ2) is 5.22. The predicted octanol–water partition coefficient (Wildman–Crippen LogP) is 1.21. The Morgan fingerprint density at radius 1 is 1.50 bits per heavy atom. The lowest BCUT2D eigenvalue weighted by molar-refractivity contribution is 0.0973. The van der Waals surface area contributed by atoms with Crippen molar-refractivity contribution in [3.63, 3.8) is 0 Å². The minimum atomic E-state index is -0.286. The van der Waals surface area contributed by atoms with Crippen LogP contribution in [0.2, 0.25) is 0 Å². The number of rotatable bonds is 3. The van der Waals surface area contributed by atoms with Crippen molar-refractivity contribution in [1.82, 2.24) is 20.1 Å². The van der Waals surface area contributed by atoms with Gasteiger partial charge < -0.3 is 5.32 Å². The summed E-state index contributed by atoms with van der Waals surface area (Å²) in [6.07, 6.45) is 6.44. The van der Waals surface area contributed by atoms with Gasteiger partial charge in [0, 0.05) is 25.6 Å². The van der Waals surface area contributed by atoms with Crippen LogP contribution in [0.15, 0.2) is 35.7 Å². The zero-order chi connectivity index (χ0) is 13.0. The lowest BCUT2D eigenvalue weighted by Gasteiger charge is -1.98. The monoisotopic (exact) mass is 243 g/mol. The molecular formula is C12H13N5O. The first-order valence-electron chi connectivity index (χ1n) is 5.40. The van der Waals surface area contributed by atoms with Gasteiger partial charge in [-0.15, -0.1) is 0 Å². The smallest absolute Gasteiger partial charge is 0.276 e. The molecule has 0 unspecified atom stereocenters. The molecule has 0 aliphatic rings. The quantitative estimate of drug-likeness (QED) is 0.650. The van der Waals surface area contributed by atoms with Gasteiger partial charge in [0.05, 0.1) is 12.0 Å². The molecule has 2 aromatic heterocycles. The largest absolute Gasteiger partial charge is 0.311 e. The molecule has 6 nitrogen and oxygen atoms in total. The van der Waals surface area contributed by atoms with E-state index in [4.69, 9.17) is 0 Å². The topological polar surface area (TPSA) is 72.2 Å². The van der Waals surface area contributed by atoms with Crippen molar-refractivity contribution >= 4 is 17.9 Å². The van der Waals surface area contributed by atoms with Gasteiger partial charge in [-0.2, -0.15) is 5.10 Å². The molecule has 2 aromatic rings. The van der Waals surface area contributed by atoms with Crippen LogP contribution in [-0.4, -0.2) is 27.0 Å². The maximum absolute atomic E-state index is 11.6. The van der Waals surface area contributed by atoms with Crippen LogP contribution < -0.4 is 5.32 Å². The van der Waals surface area contributed by atoms with Gasteiger partial charge in [0.1, 0.15) is 0 Å². The first-order chi connectivity index (χ1) is 8.66. The summed E-state index contributed by atoms with van der Waals surface area (Å²) in [6, 6.07) is 3.42. The van der Waals surface area contributed by atoms with E-state index in [1.54, 1.807) is 42.5 Å². The zero-order valence-electron chi connectivity index (χ0n) is 10.2. The van der Waals surface area contributed by atoms with E-state index in [0.29, 0.717) is 5.69 Å². The molecule has 0 aliphatic carbocycles. The molecule has 0 saturated carbocycles. The Kier molecular flexibility index (Phi) is 3.47. The van der Waals surface area contributed by atoms with Crippen LogP contribution in [0.3, 0.4) is 0 Å². The normalized spacial score (nSPS) is 10.8. The van der Waals surface area contributed by atoms with E-state index in [9.17, 15) is 4.79 Å². The fourth-order valence-electron chi connectivity index (χ4n) is 1.38. The second-order valence-electron chi connectivity index (χ2n) is 3.77. The Balaban J connectivity index is 2.00. The lowest BCUT2D eigenvalue weighted by atomic mass is 10.3. The fourth-order valence-corrected chi connectivity index (χ4v) is 1.38. The van der Waals surface area contributed by atoms with Crippen LogP contribution in [0.25, 0.3) is 0 Å². The van der Waals surface area contributed by atoms with Crippen LogP contribution in [0.1, 0.15) is 16.1 Å². The van der Waals surface area contributed by atoms with E-state index < -0.39 is 0 Å². The van der Waals surface area contributed by atoms with Crippen LogP contribution in [-0.2, 0) is 7.05 Å². The van der Waals surface area contributed by atoms with Crippen molar-refractivity contribution in [3.8, 4) is 0 Å². The Morgan fingerprint density at radius 3 is 3.00 bits per heavy atom. The Morgan fingerprint density at radius 2 is 2.33 bits per heavy atom. The maximum Gasteiger partial charge on any atom is 0.276 e. The number of hydrogen-bond acceptors (Lipinski definition) is 4. The predicted molar refractivity (Wildman–Crippen MR) is 67.8 cm³/mol. The summed E-state index contributed by atoms with van der Waals surface area (Å²) in [4.78, 5) is 19.8. The van der Waals surface area contributed by atoms with Crippen molar-refractivity contribution in [3.05, 3.63) is 42.0 Å². The number of aliphatic imine (C=N–C) groups is 1. The molecule has 0 atom stereocenters. The van der Waals surface area contributed by atoms with Gasteiger partial charge in [-0.3, -0.25) is 14.5 Å². The van der Waals surface area contributed by atoms with E-state index in [1.165, 1.54) is 6.34 Å². The number of hydrogen-bond donors (Lipinski definition) is 1. The number of carbonyl (C=O) groups excluding carboxylic acids is 1. The Bertz CT molecular complexity index is 588. The van der Waals surface area contributed by atoms with E-state index in [0.717, 1.165) is 11.3 Å². The highest BCUT2D eigenvalue weighted by molar-refractivity contribution is 5.99. The van der Waals surface area contributed by atoms with Crippen molar-refractivity contribution in [2.24, 2.45) is 12.0 Å². The number of nitrogens with one attached hydrogen (secondary N) is 1. The molecule has 0 radical (unpaired) electrons. The summed E-state index contributed by atoms with van der Waals surface area (Å²) >= 11 is 0. The second-order valence-corrected chi connectivity index (χ2v) is 3.77. The van der Waals surface area contributed by atoms with Gasteiger partial charge in [0.15, 0.2) is 5.69 Å². The Labute approximate surface area is 104 Å². The number of aromatic nitrogens is 3. The molecule has 0 spiro atoms. The molecule has 0 bridgehead atoms. The third kappa shape index (κ3) is 2.79. The standard InChI is InChI=1S/C12H13N5O/c1-9-7-13-5-3-10(9)14-8-15-12(18)11-4-6-17(2)16-11/h3-8H,1-2H3,(H,13,14,15,18). The van der Waals surface area contributed by atoms with Gasteiger partial charge in [0.25, 0.3) is 5.91 Å². The number of nitrogens with zero attached hydrogens (tertiary/aromatic N) is 4. The van der Waals surface area contributed by atoms with Crippen molar-refractivity contribution in [2.45, 2.75) is 6.92 Å². The number of carbonyl (C=O) groups is 1. The number of aryl methyl sites for hydroxylation is 2. The van der Waals surface area contributed by atoms with Gasteiger partial charge in [-0.05, 0) is 24.6 Å². The summed E-state index contributed by atoms with van der Waals surface area (Å²) < 4.78 is 1.57. The van der Waals surface area contributed by atoms with Gasteiger partial charge >= 0.3 is 0 Å². The minimum absolute atomic E-state index is 0.286. The van der Waals surface area contributed by atoms with E-state index in [-0.39, 0.29) is 5.91 Å². The third-order valence-corrected chi connectivity index (χ3v) is 2.34. The van der Waals surface area contributed by atoms with Gasteiger partial charge in [-0.25, -0.2) is 4.99 Å². The van der Waals surface area contributed by atoms with Crippen molar-refractivity contribution < 1.29 is 4.79 Å². The first-order valence-corrected chi connectivity index (χ1v) is 5.40. The molecule has 0 saturated heterocycles. The van der Waals surface area contributed by atoms with E-state index in [1.807, 2.05) is 6.92 Å². The SMILES string of the molecule is Cc1cnccc1N=CNC(=O)c1ccn(C)n1. The summed E-state index contributed by atoms with van der Waals surface area (Å²) in [5, 5.41) is 6.55. The molecule has 1 N–H and O–H groups in total. The van der Waals surface area contributed by atoms with E-state index >= 15 is 0 Å². The van der Waals surface area contributed by atoms with Crippen LogP contribution >= 0.6 is 0 Å². The first kappa shape index (κ1) is 12.0. The van der Waals surface area contributed by atoms with Crippen LogP contribution in [0.4, 0.5) is 5.69 Å². The molecular weight excluding hydrogens is 230 g/mol. The molecule has 0 aromatic carbocycles. The average Bonchev–Trinajstić information content (AvgIpc) is 2.78. The van der Waals surface area contributed by atoms with Crippen molar-refractivity contribution in [2.75, 3.05) is 0 Å². The zero-order valence-corrected chi connectivity index (χ0v) is 10.2. The van der Waals surface area contributed by atoms with Crippen LogP contribution in [0.5, 0.6) is 0 Å². The van der Waals surface area contributed by atoms with Crippen LogP contribution in [0, 0.1) is 6.92 Å². The fraction of sp³-hybridized carbons (Fsp3) is 0.167. The maximum atomic E-state index is 11.6. The molecule has 2 rings (SSSR count). The lowest BCUT2D eigenvalue weighted by Crippen LogP contribution is -2.22. The molecule has 1 amide bonds. The van der Waals surface area contributed by atoms with E-state index in [2.05, 4.69) is 20.4 Å².